The number of amides is 1. The highest BCUT2D eigenvalue weighted by atomic mass is 16.5. The highest BCUT2D eigenvalue weighted by molar-refractivity contribution is 5.96. The molecule has 1 aromatic rings. The lowest BCUT2D eigenvalue weighted by Gasteiger charge is -2.13. The second kappa shape index (κ2) is 7.68. The van der Waals surface area contributed by atoms with Crippen molar-refractivity contribution in [2.24, 2.45) is 5.73 Å². The molecule has 0 bridgehead atoms. The van der Waals surface area contributed by atoms with Crippen molar-refractivity contribution in [1.82, 2.24) is 5.32 Å². The predicted molar refractivity (Wildman–Crippen MR) is 69.5 cm³/mol. The summed E-state index contributed by atoms with van der Waals surface area (Å²) < 4.78 is 5.27. The van der Waals surface area contributed by atoms with Gasteiger partial charge in [0.25, 0.3) is 5.91 Å². The maximum atomic E-state index is 11.9. The fraction of sp³-hybridized carbons (Fsp3) is 0.462. The van der Waals surface area contributed by atoms with E-state index in [1.165, 1.54) is 0 Å². The minimum absolute atomic E-state index is 0.103. The topological polar surface area (TPSA) is 84.6 Å². The van der Waals surface area contributed by atoms with Gasteiger partial charge in [-0.2, -0.15) is 0 Å². The van der Waals surface area contributed by atoms with Crippen molar-refractivity contribution < 1.29 is 14.6 Å². The van der Waals surface area contributed by atoms with E-state index < -0.39 is 0 Å². The standard InChI is InChI=1S/C13H20N2O3/c1-18-12-7-4-6-11(13(17)15-9-14)10(12)5-2-3-8-16/h4,6-7,16H,2-3,5,8-9,14H2,1H3,(H,15,17). The van der Waals surface area contributed by atoms with E-state index in [2.05, 4.69) is 5.32 Å². The van der Waals surface area contributed by atoms with Gasteiger partial charge in [-0.1, -0.05) is 6.07 Å². The van der Waals surface area contributed by atoms with Crippen LogP contribution in [0.25, 0.3) is 0 Å². The summed E-state index contributed by atoms with van der Waals surface area (Å²) in [4.78, 5) is 11.9. The maximum Gasteiger partial charge on any atom is 0.252 e. The second-order valence-electron chi connectivity index (χ2n) is 3.88. The summed E-state index contributed by atoms with van der Waals surface area (Å²) >= 11 is 0. The van der Waals surface area contributed by atoms with E-state index in [9.17, 15) is 4.79 Å². The molecule has 0 aromatic heterocycles. The predicted octanol–water partition coefficient (Wildman–Crippen LogP) is 0.656. The summed E-state index contributed by atoms with van der Waals surface area (Å²) in [7, 11) is 1.58. The summed E-state index contributed by atoms with van der Waals surface area (Å²) in [6.45, 7) is 0.256. The van der Waals surface area contributed by atoms with Crippen molar-refractivity contribution >= 4 is 5.91 Å². The van der Waals surface area contributed by atoms with Gasteiger partial charge in [0.1, 0.15) is 5.75 Å². The Bertz CT molecular complexity index is 394. The van der Waals surface area contributed by atoms with Crippen LogP contribution >= 0.6 is 0 Å². The first-order chi connectivity index (χ1) is 8.74. The lowest BCUT2D eigenvalue weighted by atomic mass is 10.00. The van der Waals surface area contributed by atoms with Crippen LogP contribution in [0.15, 0.2) is 18.2 Å². The average molecular weight is 252 g/mol. The van der Waals surface area contributed by atoms with Crippen molar-refractivity contribution in [3.63, 3.8) is 0 Å². The van der Waals surface area contributed by atoms with Crippen molar-refractivity contribution in [3.8, 4) is 5.75 Å². The fourth-order valence-corrected chi connectivity index (χ4v) is 1.83. The molecule has 100 valence electrons. The minimum Gasteiger partial charge on any atom is -0.496 e. The van der Waals surface area contributed by atoms with E-state index in [-0.39, 0.29) is 19.2 Å². The molecule has 5 heteroatoms. The van der Waals surface area contributed by atoms with E-state index in [1.807, 2.05) is 6.07 Å². The monoisotopic (exact) mass is 252 g/mol. The minimum atomic E-state index is -0.199. The Labute approximate surface area is 107 Å². The van der Waals surface area contributed by atoms with Gasteiger partial charge < -0.3 is 20.9 Å². The van der Waals surface area contributed by atoms with Crippen molar-refractivity contribution in [3.05, 3.63) is 29.3 Å². The molecule has 0 heterocycles. The normalized spacial score (nSPS) is 10.2. The molecular weight excluding hydrogens is 232 g/mol. The van der Waals surface area contributed by atoms with Gasteiger partial charge in [0.05, 0.1) is 13.8 Å². The molecule has 1 amide bonds. The molecule has 0 aliphatic rings. The van der Waals surface area contributed by atoms with E-state index >= 15 is 0 Å². The van der Waals surface area contributed by atoms with E-state index in [0.29, 0.717) is 24.2 Å². The third kappa shape index (κ3) is 3.72. The first kappa shape index (κ1) is 14.5. The van der Waals surface area contributed by atoms with Gasteiger partial charge in [-0.25, -0.2) is 0 Å². The van der Waals surface area contributed by atoms with Crippen LogP contribution in [-0.4, -0.2) is 31.4 Å². The van der Waals surface area contributed by atoms with Crippen LogP contribution in [-0.2, 0) is 6.42 Å². The van der Waals surface area contributed by atoms with E-state index in [1.54, 1.807) is 19.2 Å². The number of carbonyl (C=O) groups excluding carboxylic acids is 1. The van der Waals surface area contributed by atoms with Crippen LogP contribution in [0.4, 0.5) is 0 Å². The van der Waals surface area contributed by atoms with Crippen molar-refractivity contribution in [2.45, 2.75) is 19.3 Å². The summed E-state index contributed by atoms with van der Waals surface area (Å²) in [5, 5.41) is 11.4. The number of hydrogen-bond donors (Lipinski definition) is 3. The Hall–Kier alpha value is -1.59. The molecule has 0 radical (unpaired) electrons. The first-order valence-electron chi connectivity index (χ1n) is 5.99. The zero-order chi connectivity index (χ0) is 13.4. The smallest absolute Gasteiger partial charge is 0.252 e. The van der Waals surface area contributed by atoms with Gasteiger partial charge in [-0.05, 0) is 31.4 Å². The third-order valence-corrected chi connectivity index (χ3v) is 2.70. The lowest BCUT2D eigenvalue weighted by Crippen LogP contribution is -2.30. The summed E-state index contributed by atoms with van der Waals surface area (Å²) in [6.07, 6.45) is 2.20. The largest absolute Gasteiger partial charge is 0.496 e. The first-order valence-corrected chi connectivity index (χ1v) is 5.99. The zero-order valence-corrected chi connectivity index (χ0v) is 10.6. The molecular formula is C13H20N2O3. The van der Waals surface area contributed by atoms with E-state index in [0.717, 1.165) is 12.0 Å². The molecule has 0 aliphatic carbocycles. The number of carbonyl (C=O) groups is 1. The molecule has 5 nitrogen and oxygen atoms in total. The zero-order valence-electron chi connectivity index (χ0n) is 10.6. The molecule has 0 aliphatic heterocycles. The Morgan fingerprint density at radius 1 is 1.44 bits per heavy atom. The molecule has 1 rings (SSSR count). The van der Waals surface area contributed by atoms with Crippen LogP contribution in [0.2, 0.25) is 0 Å². The fourth-order valence-electron chi connectivity index (χ4n) is 1.83. The number of nitrogens with two attached hydrogens (primary N) is 1. The average Bonchev–Trinajstić information content (AvgIpc) is 2.39. The summed E-state index contributed by atoms with van der Waals surface area (Å²) in [6, 6.07) is 5.36. The number of benzene rings is 1. The molecule has 0 saturated heterocycles. The van der Waals surface area contributed by atoms with Gasteiger partial charge in [0.2, 0.25) is 0 Å². The number of nitrogens with one attached hydrogen (secondary N) is 1. The van der Waals surface area contributed by atoms with Gasteiger partial charge in [-0.15, -0.1) is 0 Å². The second-order valence-corrected chi connectivity index (χ2v) is 3.88. The Morgan fingerprint density at radius 3 is 2.83 bits per heavy atom. The number of ether oxygens (including phenoxy) is 1. The number of unbranched alkanes of at least 4 members (excludes halogenated alkanes) is 1. The molecule has 0 spiro atoms. The number of aliphatic hydroxyl groups is 1. The molecule has 0 unspecified atom stereocenters. The van der Waals surface area contributed by atoms with Crippen LogP contribution in [0, 0.1) is 0 Å². The van der Waals surface area contributed by atoms with Crippen LogP contribution < -0.4 is 15.8 Å². The lowest BCUT2D eigenvalue weighted by molar-refractivity contribution is 0.0953. The number of methoxy groups -OCH3 is 1. The Balaban J connectivity index is 2.96. The van der Waals surface area contributed by atoms with Crippen molar-refractivity contribution in [1.29, 1.82) is 0 Å². The molecule has 0 atom stereocenters. The molecule has 18 heavy (non-hydrogen) atoms. The molecule has 1 aromatic carbocycles. The summed E-state index contributed by atoms with van der Waals surface area (Å²) in [5.74, 6) is 0.494. The van der Waals surface area contributed by atoms with Crippen molar-refractivity contribution in [2.75, 3.05) is 20.4 Å². The maximum absolute atomic E-state index is 11.9. The number of aliphatic hydroxyl groups excluding tert-OH is 1. The Kier molecular flexibility index (Phi) is 6.18. The molecule has 0 saturated carbocycles. The summed E-state index contributed by atoms with van der Waals surface area (Å²) in [5.41, 5.74) is 6.75. The SMILES string of the molecule is COc1cccc(C(=O)NCN)c1CCCCO. The quantitative estimate of drug-likeness (QED) is 0.491. The molecule has 0 fully saturated rings. The highest BCUT2D eigenvalue weighted by Crippen LogP contribution is 2.24. The molecule has 4 N–H and O–H groups in total. The van der Waals surface area contributed by atoms with Gasteiger partial charge in [-0.3, -0.25) is 4.79 Å². The van der Waals surface area contributed by atoms with Crippen LogP contribution in [0.1, 0.15) is 28.8 Å². The van der Waals surface area contributed by atoms with Gasteiger partial charge in [0, 0.05) is 17.7 Å². The van der Waals surface area contributed by atoms with Gasteiger partial charge in [0.15, 0.2) is 0 Å². The van der Waals surface area contributed by atoms with Crippen LogP contribution in [0.3, 0.4) is 0 Å². The number of hydrogen-bond acceptors (Lipinski definition) is 4. The van der Waals surface area contributed by atoms with Crippen LogP contribution in [0.5, 0.6) is 5.75 Å². The van der Waals surface area contributed by atoms with E-state index in [4.69, 9.17) is 15.6 Å². The van der Waals surface area contributed by atoms with Gasteiger partial charge >= 0.3 is 0 Å². The third-order valence-electron chi connectivity index (χ3n) is 2.70. The Morgan fingerprint density at radius 2 is 2.22 bits per heavy atom. The number of rotatable bonds is 7. The highest BCUT2D eigenvalue weighted by Gasteiger charge is 2.14.